The molecule has 2 aliphatic rings. The fraction of sp³-hybridized carbons (Fsp3) is 0.385. The predicted octanol–water partition coefficient (Wildman–Crippen LogP) is 15.0. The van der Waals surface area contributed by atoms with Gasteiger partial charge in [0.1, 0.15) is 11.5 Å². The van der Waals surface area contributed by atoms with Crippen molar-refractivity contribution in [2.75, 3.05) is 13.2 Å². The summed E-state index contributed by atoms with van der Waals surface area (Å²) in [5.74, 6) is 1.80. The molecule has 0 saturated carbocycles. The van der Waals surface area contributed by atoms with Crippen LogP contribution in [0.5, 0.6) is 11.5 Å². The average molecular weight is 775 g/mol. The first kappa shape index (κ1) is 40.8. The van der Waals surface area contributed by atoms with Crippen LogP contribution in [0.3, 0.4) is 0 Å². The summed E-state index contributed by atoms with van der Waals surface area (Å²) >= 11 is 0. The van der Waals surface area contributed by atoms with Gasteiger partial charge in [-0.25, -0.2) is 9.97 Å². The van der Waals surface area contributed by atoms with Crippen molar-refractivity contribution in [1.29, 1.82) is 0 Å². The van der Waals surface area contributed by atoms with E-state index < -0.39 is 0 Å². The number of H-pyrrole nitrogens is 2. The van der Waals surface area contributed by atoms with Crippen molar-refractivity contribution >= 4 is 46.4 Å². The van der Waals surface area contributed by atoms with E-state index in [-0.39, 0.29) is 0 Å². The third-order valence-corrected chi connectivity index (χ3v) is 11.2. The van der Waals surface area contributed by atoms with Crippen molar-refractivity contribution in [3.63, 3.8) is 0 Å². The van der Waals surface area contributed by atoms with Crippen LogP contribution in [-0.4, -0.2) is 33.1 Å². The first-order chi connectivity index (χ1) is 28.6. The van der Waals surface area contributed by atoms with E-state index >= 15 is 0 Å². The van der Waals surface area contributed by atoms with Gasteiger partial charge in [-0.1, -0.05) is 128 Å². The molecule has 0 radical (unpaired) electrons. The lowest BCUT2D eigenvalue weighted by Gasteiger charge is -2.11. The molecule has 0 saturated heterocycles. The van der Waals surface area contributed by atoms with E-state index in [1.54, 1.807) is 0 Å². The van der Waals surface area contributed by atoms with Crippen molar-refractivity contribution in [3.8, 4) is 33.8 Å². The van der Waals surface area contributed by atoms with Crippen LogP contribution >= 0.6 is 0 Å². The molecule has 58 heavy (non-hydrogen) atoms. The molecule has 6 heteroatoms. The van der Waals surface area contributed by atoms with Gasteiger partial charge in [0.15, 0.2) is 0 Å². The first-order valence-electron chi connectivity index (χ1n) is 22.2. The van der Waals surface area contributed by atoms with Gasteiger partial charge in [0.05, 0.1) is 36.0 Å². The van der Waals surface area contributed by atoms with Gasteiger partial charge in [-0.05, 0) is 109 Å². The molecule has 0 spiro atoms. The maximum atomic E-state index is 6.24. The molecule has 0 amide bonds. The van der Waals surface area contributed by atoms with Crippen molar-refractivity contribution in [2.24, 2.45) is 0 Å². The van der Waals surface area contributed by atoms with Crippen LogP contribution in [-0.2, 0) is 0 Å². The lowest BCUT2D eigenvalue weighted by atomic mass is 9.96. The Labute approximate surface area is 345 Å². The van der Waals surface area contributed by atoms with Crippen molar-refractivity contribution < 1.29 is 9.47 Å². The molecule has 0 atom stereocenters. The summed E-state index contributed by atoms with van der Waals surface area (Å²) in [5.41, 5.74) is 12.0. The maximum Gasteiger partial charge on any atom is 0.119 e. The van der Waals surface area contributed by atoms with Crippen molar-refractivity contribution in [2.45, 2.75) is 117 Å². The Morgan fingerprint density at radius 2 is 0.759 bits per heavy atom. The third kappa shape index (κ3) is 11.6. The zero-order valence-electron chi connectivity index (χ0n) is 34.8. The summed E-state index contributed by atoms with van der Waals surface area (Å²) in [4.78, 5) is 17.3. The topological polar surface area (TPSA) is 75.8 Å². The third-order valence-electron chi connectivity index (χ3n) is 11.2. The molecule has 0 aliphatic carbocycles. The van der Waals surface area contributed by atoms with Gasteiger partial charge in [0, 0.05) is 33.2 Å². The number of hydrogen-bond donors (Lipinski definition) is 2. The van der Waals surface area contributed by atoms with E-state index in [4.69, 9.17) is 19.4 Å². The fourth-order valence-corrected chi connectivity index (χ4v) is 7.97. The average Bonchev–Trinajstić information content (AvgIpc) is 4.06. The molecule has 7 rings (SSSR count). The number of unbranched alkanes of at least 4 members (excludes halogenated alkanes) is 14. The highest BCUT2D eigenvalue weighted by molar-refractivity contribution is 6.03. The number of hydrogen-bond acceptors (Lipinski definition) is 4. The molecular weight excluding hydrogens is 713 g/mol. The summed E-state index contributed by atoms with van der Waals surface area (Å²) < 4.78 is 12.5. The number of aromatic amines is 2. The van der Waals surface area contributed by atoms with E-state index in [1.165, 1.54) is 89.9 Å². The van der Waals surface area contributed by atoms with E-state index in [1.807, 2.05) is 0 Å². The fourth-order valence-electron chi connectivity index (χ4n) is 7.97. The molecule has 5 heterocycles. The van der Waals surface area contributed by atoms with Crippen LogP contribution in [0.1, 0.15) is 139 Å². The van der Waals surface area contributed by atoms with E-state index in [0.29, 0.717) is 0 Å². The van der Waals surface area contributed by atoms with Gasteiger partial charge >= 0.3 is 0 Å². The Balaban J connectivity index is 1.19. The standard InChI is InChI=1S/C52H62N4O2/c1-3-5-7-9-11-13-15-17-33-57-47-29-19-39(20-30-47)51-49-37-45-27-25-43(54-45)35-41-23-24-42(53-41)36-44-26-28-46(55-44)38-50(56-49)52(51)40-21-31-48(32-22-40)58-34-18-16-14-12-10-8-6-4-2/h19-32,35-38,53,56H,3-18,33-34H2,1-2H3. The highest BCUT2D eigenvalue weighted by Gasteiger charge is 2.17. The molecule has 2 N–H and O–H groups in total. The number of aromatic nitrogens is 4. The lowest BCUT2D eigenvalue weighted by molar-refractivity contribution is 0.304. The maximum absolute atomic E-state index is 6.24. The highest BCUT2D eigenvalue weighted by atomic mass is 16.5. The van der Waals surface area contributed by atoms with Crippen LogP contribution in [0.15, 0.2) is 84.9 Å². The quantitative estimate of drug-likeness (QED) is 0.0673. The van der Waals surface area contributed by atoms with Crippen LogP contribution in [0, 0.1) is 0 Å². The molecule has 302 valence electrons. The van der Waals surface area contributed by atoms with Gasteiger partial charge in [-0.15, -0.1) is 0 Å². The molecule has 0 unspecified atom stereocenters. The lowest BCUT2D eigenvalue weighted by Crippen LogP contribution is -1.97. The van der Waals surface area contributed by atoms with E-state index in [0.717, 1.165) is 105 Å². The zero-order chi connectivity index (χ0) is 39.8. The van der Waals surface area contributed by atoms with Gasteiger partial charge in [-0.2, -0.15) is 0 Å². The number of ether oxygens (including phenoxy) is 2. The number of benzene rings is 2. The monoisotopic (exact) mass is 774 g/mol. The predicted molar refractivity (Wildman–Crippen MR) is 246 cm³/mol. The highest BCUT2D eigenvalue weighted by Crippen LogP contribution is 2.41. The summed E-state index contributed by atoms with van der Waals surface area (Å²) in [6.07, 6.45) is 28.9. The Morgan fingerprint density at radius 3 is 1.16 bits per heavy atom. The second-order valence-corrected chi connectivity index (χ2v) is 15.9. The first-order valence-corrected chi connectivity index (χ1v) is 22.2. The van der Waals surface area contributed by atoms with Gasteiger partial charge in [0.25, 0.3) is 0 Å². The molecule has 2 aliphatic heterocycles. The largest absolute Gasteiger partial charge is 0.494 e. The Bertz CT molecular complexity index is 2120. The van der Waals surface area contributed by atoms with Crippen LogP contribution < -0.4 is 9.47 Å². The number of rotatable bonds is 22. The number of fused-ring (bicyclic) bond motifs is 8. The Hall–Kier alpha value is -5.36. The molecule has 0 fully saturated rings. The van der Waals surface area contributed by atoms with Crippen LogP contribution in [0.2, 0.25) is 0 Å². The smallest absolute Gasteiger partial charge is 0.119 e. The molecular formula is C52H62N4O2. The summed E-state index contributed by atoms with van der Waals surface area (Å²) in [5, 5.41) is 0. The van der Waals surface area contributed by atoms with Gasteiger partial charge in [0.2, 0.25) is 0 Å². The van der Waals surface area contributed by atoms with Crippen molar-refractivity contribution in [1.82, 2.24) is 19.9 Å². The molecule has 6 nitrogen and oxygen atoms in total. The van der Waals surface area contributed by atoms with Crippen LogP contribution in [0.25, 0.3) is 68.6 Å². The molecule has 3 aromatic heterocycles. The number of nitrogens with zero attached hydrogens (tertiary/aromatic N) is 2. The van der Waals surface area contributed by atoms with Gasteiger partial charge < -0.3 is 19.4 Å². The van der Waals surface area contributed by atoms with Crippen LogP contribution in [0.4, 0.5) is 0 Å². The molecule has 2 aromatic carbocycles. The second kappa shape index (κ2) is 21.4. The Kier molecular flexibility index (Phi) is 15.1. The second-order valence-electron chi connectivity index (χ2n) is 15.9. The molecule has 8 bridgehead atoms. The van der Waals surface area contributed by atoms with Crippen molar-refractivity contribution in [3.05, 3.63) is 108 Å². The minimum absolute atomic E-state index is 0.743. The summed E-state index contributed by atoms with van der Waals surface area (Å²) in [6.45, 7) is 6.03. The van der Waals surface area contributed by atoms with E-state index in [9.17, 15) is 0 Å². The molecule has 5 aromatic rings. The van der Waals surface area contributed by atoms with E-state index in [2.05, 4.69) is 133 Å². The minimum Gasteiger partial charge on any atom is -0.494 e. The minimum atomic E-state index is 0.743. The Morgan fingerprint density at radius 1 is 0.397 bits per heavy atom. The zero-order valence-corrected chi connectivity index (χ0v) is 34.8. The number of nitrogens with one attached hydrogen (secondary N) is 2. The summed E-state index contributed by atoms with van der Waals surface area (Å²) in [6, 6.07) is 29.8. The van der Waals surface area contributed by atoms with Gasteiger partial charge in [-0.3, -0.25) is 0 Å². The normalized spacial score (nSPS) is 12.0. The summed E-state index contributed by atoms with van der Waals surface area (Å²) in [7, 11) is 0. The SMILES string of the molecule is CCCCCCCCCCOc1ccc(-c2c(-c3ccc(OCCCCCCCCCC)cc3)c3cc4nc(cc5ccc(cc6nc(cc2[nH]3)C=C6)[nH]5)C=C4)cc1.